The molecule has 0 aliphatic heterocycles. The number of aryl methyl sites for hydroxylation is 2. The highest BCUT2D eigenvalue weighted by atomic mass is 16.4. The Kier molecular flexibility index (Phi) is 3.06. The largest absolute Gasteiger partial charge is 0.508 e. The van der Waals surface area contributed by atoms with Gasteiger partial charge >= 0.3 is 0 Å². The van der Waals surface area contributed by atoms with E-state index in [1.165, 1.54) is 0 Å². The number of nitrogens with one attached hydrogen (secondary N) is 1. The van der Waals surface area contributed by atoms with Crippen LogP contribution in [0.25, 0.3) is 0 Å². The fourth-order valence-corrected chi connectivity index (χ4v) is 1.68. The normalized spacial score (nSPS) is 10.4. The monoisotopic (exact) mass is 246 g/mol. The zero-order valence-corrected chi connectivity index (χ0v) is 10.4. The average Bonchev–Trinajstić information content (AvgIpc) is 2.64. The van der Waals surface area contributed by atoms with Crippen molar-refractivity contribution in [3.05, 3.63) is 41.1 Å². The van der Waals surface area contributed by atoms with E-state index >= 15 is 0 Å². The summed E-state index contributed by atoms with van der Waals surface area (Å²) in [7, 11) is 0. The van der Waals surface area contributed by atoms with Gasteiger partial charge in [0.15, 0.2) is 5.89 Å². The number of rotatable bonds is 2. The number of hydrogen-bond acceptors (Lipinski definition) is 4. The van der Waals surface area contributed by atoms with Crippen molar-refractivity contribution in [2.75, 3.05) is 5.32 Å². The Morgan fingerprint density at radius 2 is 2.06 bits per heavy atom. The summed E-state index contributed by atoms with van der Waals surface area (Å²) in [4.78, 5) is 16.0. The molecule has 0 saturated carbocycles. The molecular formula is C13H14N2O3. The molecule has 2 aromatic rings. The summed E-state index contributed by atoms with van der Waals surface area (Å²) in [5, 5.41) is 12.2. The lowest BCUT2D eigenvalue weighted by atomic mass is 10.2. The van der Waals surface area contributed by atoms with Crippen LogP contribution in [-0.2, 0) is 0 Å². The molecule has 0 saturated heterocycles. The van der Waals surface area contributed by atoms with Gasteiger partial charge in [-0.25, -0.2) is 4.98 Å². The van der Waals surface area contributed by atoms with Crippen molar-refractivity contribution in [2.45, 2.75) is 20.8 Å². The number of phenolic OH excluding ortho intramolecular Hbond substituents is 1. The highest BCUT2D eigenvalue weighted by Crippen LogP contribution is 2.24. The Morgan fingerprint density at radius 1 is 1.33 bits per heavy atom. The van der Waals surface area contributed by atoms with Gasteiger partial charge < -0.3 is 14.8 Å². The molecule has 5 nitrogen and oxygen atoms in total. The van der Waals surface area contributed by atoms with E-state index in [4.69, 9.17) is 4.42 Å². The average molecular weight is 246 g/mol. The fraction of sp³-hybridized carbons (Fsp3) is 0.231. The highest BCUT2D eigenvalue weighted by molar-refractivity contribution is 6.03. The van der Waals surface area contributed by atoms with Crippen molar-refractivity contribution < 1.29 is 14.3 Å². The van der Waals surface area contributed by atoms with E-state index in [2.05, 4.69) is 10.3 Å². The molecule has 2 N–H and O–H groups in total. The fourth-order valence-electron chi connectivity index (χ4n) is 1.68. The van der Waals surface area contributed by atoms with E-state index < -0.39 is 0 Å². The van der Waals surface area contributed by atoms with Crippen LogP contribution in [0.15, 0.2) is 22.6 Å². The lowest BCUT2D eigenvalue weighted by molar-refractivity contribution is 0.0994. The van der Waals surface area contributed by atoms with Crippen molar-refractivity contribution in [1.29, 1.82) is 0 Å². The van der Waals surface area contributed by atoms with Crippen LogP contribution in [0.2, 0.25) is 0 Å². The van der Waals surface area contributed by atoms with Crippen LogP contribution in [0.4, 0.5) is 5.69 Å². The highest BCUT2D eigenvalue weighted by Gasteiger charge is 2.17. The van der Waals surface area contributed by atoms with Crippen LogP contribution in [0.3, 0.4) is 0 Å². The van der Waals surface area contributed by atoms with Crippen molar-refractivity contribution in [3.8, 4) is 5.75 Å². The van der Waals surface area contributed by atoms with Crippen LogP contribution in [0.5, 0.6) is 5.75 Å². The molecular weight excluding hydrogens is 232 g/mol. The smallest absolute Gasteiger partial charge is 0.293 e. The van der Waals surface area contributed by atoms with E-state index in [1.54, 1.807) is 39.0 Å². The second-order valence-corrected chi connectivity index (χ2v) is 4.05. The Morgan fingerprint density at radius 3 is 2.67 bits per heavy atom. The van der Waals surface area contributed by atoms with Gasteiger partial charge in [0.05, 0.1) is 5.69 Å². The van der Waals surface area contributed by atoms with Crippen molar-refractivity contribution in [1.82, 2.24) is 4.98 Å². The van der Waals surface area contributed by atoms with Crippen molar-refractivity contribution in [2.24, 2.45) is 0 Å². The van der Waals surface area contributed by atoms with Gasteiger partial charge in [-0.1, -0.05) is 6.07 Å². The molecule has 0 aliphatic rings. The molecule has 0 spiro atoms. The summed E-state index contributed by atoms with van der Waals surface area (Å²) < 4.78 is 5.23. The number of amides is 1. The van der Waals surface area contributed by atoms with Gasteiger partial charge in [-0.2, -0.15) is 0 Å². The van der Waals surface area contributed by atoms with Crippen molar-refractivity contribution >= 4 is 11.6 Å². The number of aromatic hydroxyl groups is 1. The maximum atomic E-state index is 12.0. The first-order valence-corrected chi connectivity index (χ1v) is 5.53. The first-order valence-electron chi connectivity index (χ1n) is 5.53. The minimum Gasteiger partial charge on any atom is -0.508 e. The van der Waals surface area contributed by atoms with Gasteiger partial charge in [-0.3, -0.25) is 4.79 Å². The van der Waals surface area contributed by atoms with E-state index in [1.807, 2.05) is 0 Å². The third-order valence-electron chi connectivity index (χ3n) is 2.66. The van der Waals surface area contributed by atoms with Gasteiger partial charge in [-0.15, -0.1) is 0 Å². The number of carbonyl (C=O) groups is 1. The Labute approximate surface area is 104 Å². The molecule has 5 heteroatoms. The standard InChI is InChI=1S/C13H14N2O3/c1-7-10(5-4-6-11(7)16)15-13(17)12-8(2)14-9(3)18-12/h4-6,16H,1-3H3,(H,15,17). The van der Waals surface area contributed by atoms with Crippen LogP contribution in [0, 0.1) is 20.8 Å². The molecule has 0 bridgehead atoms. The Balaban J connectivity index is 2.27. The molecule has 0 atom stereocenters. The molecule has 0 radical (unpaired) electrons. The maximum absolute atomic E-state index is 12.0. The molecule has 1 heterocycles. The number of aromatic nitrogens is 1. The molecule has 1 aromatic carbocycles. The minimum atomic E-state index is -0.373. The van der Waals surface area contributed by atoms with E-state index in [0.29, 0.717) is 22.8 Å². The SMILES string of the molecule is Cc1nc(C)c(C(=O)Nc2cccc(O)c2C)o1. The Bertz CT molecular complexity index is 602. The summed E-state index contributed by atoms with van der Waals surface area (Å²) in [6.07, 6.45) is 0. The number of phenols is 1. The third kappa shape index (κ3) is 2.20. The predicted molar refractivity (Wildman–Crippen MR) is 66.8 cm³/mol. The van der Waals surface area contributed by atoms with Crippen molar-refractivity contribution in [3.63, 3.8) is 0 Å². The van der Waals surface area contributed by atoms with Gasteiger partial charge in [0.2, 0.25) is 5.76 Å². The molecule has 18 heavy (non-hydrogen) atoms. The third-order valence-corrected chi connectivity index (χ3v) is 2.66. The summed E-state index contributed by atoms with van der Waals surface area (Å²) in [5.74, 6) is 0.403. The summed E-state index contributed by atoms with van der Waals surface area (Å²) >= 11 is 0. The first-order chi connectivity index (χ1) is 8.49. The second-order valence-electron chi connectivity index (χ2n) is 4.05. The van der Waals surface area contributed by atoms with Crippen LogP contribution in [0.1, 0.15) is 27.7 Å². The number of hydrogen-bond donors (Lipinski definition) is 2. The Hall–Kier alpha value is -2.30. The summed E-state index contributed by atoms with van der Waals surface area (Å²) in [5.41, 5.74) is 1.70. The van der Waals surface area contributed by atoms with Crippen LogP contribution in [-0.4, -0.2) is 16.0 Å². The lowest BCUT2D eigenvalue weighted by Gasteiger charge is -2.08. The maximum Gasteiger partial charge on any atom is 0.293 e. The van der Waals surface area contributed by atoms with Gasteiger partial charge in [0.1, 0.15) is 5.75 Å². The zero-order valence-electron chi connectivity index (χ0n) is 10.4. The van der Waals surface area contributed by atoms with Crippen LogP contribution >= 0.6 is 0 Å². The topological polar surface area (TPSA) is 75.4 Å². The van der Waals surface area contributed by atoms with Gasteiger partial charge in [0, 0.05) is 18.2 Å². The second kappa shape index (κ2) is 4.52. The number of anilines is 1. The van der Waals surface area contributed by atoms with E-state index in [9.17, 15) is 9.90 Å². The zero-order chi connectivity index (χ0) is 13.3. The molecule has 1 amide bonds. The molecule has 1 aromatic heterocycles. The van der Waals surface area contributed by atoms with Gasteiger partial charge in [-0.05, 0) is 26.0 Å². The molecule has 2 rings (SSSR count). The first kappa shape index (κ1) is 12.2. The molecule has 0 aliphatic carbocycles. The molecule has 0 unspecified atom stereocenters. The molecule has 94 valence electrons. The van der Waals surface area contributed by atoms with E-state index in [0.717, 1.165) is 0 Å². The quantitative estimate of drug-likeness (QED) is 0.853. The minimum absolute atomic E-state index is 0.137. The number of carbonyl (C=O) groups excluding carboxylic acids is 1. The summed E-state index contributed by atoms with van der Waals surface area (Å²) in [6.45, 7) is 5.12. The predicted octanol–water partition coefficient (Wildman–Crippen LogP) is 2.56. The number of nitrogens with zero attached hydrogens (tertiary/aromatic N) is 1. The number of benzene rings is 1. The molecule has 0 fully saturated rings. The number of oxazole rings is 1. The lowest BCUT2D eigenvalue weighted by Crippen LogP contribution is -2.13. The van der Waals surface area contributed by atoms with E-state index in [-0.39, 0.29) is 17.4 Å². The van der Waals surface area contributed by atoms with Crippen LogP contribution < -0.4 is 5.32 Å². The van der Waals surface area contributed by atoms with Gasteiger partial charge in [0.25, 0.3) is 5.91 Å². The summed E-state index contributed by atoms with van der Waals surface area (Å²) in [6, 6.07) is 4.94.